The van der Waals surface area contributed by atoms with Gasteiger partial charge in [0.05, 0.1) is 0 Å². The highest BCUT2D eigenvalue weighted by Crippen LogP contribution is 2.38. The first kappa shape index (κ1) is 15.2. The second-order valence-electron chi connectivity index (χ2n) is 5.19. The average molecular weight is 286 g/mol. The Labute approximate surface area is 125 Å². The fourth-order valence-corrected chi connectivity index (χ4v) is 2.89. The third-order valence-corrected chi connectivity index (χ3v) is 3.90. The van der Waals surface area contributed by atoms with Crippen LogP contribution in [0.15, 0.2) is 24.3 Å². The van der Waals surface area contributed by atoms with Gasteiger partial charge in [-0.05, 0) is 65.3 Å². The highest BCUT2D eigenvalue weighted by molar-refractivity contribution is 5.74. The molecule has 112 valence electrons. The van der Waals surface area contributed by atoms with Crippen molar-refractivity contribution in [3.63, 3.8) is 0 Å². The van der Waals surface area contributed by atoms with E-state index in [9.17, 15) is 15.3 Å². The minimum atomic E-state index is 0.0382. The number of hydrogen-bond donors (Lipinski definition) is 3. The predicted octanol–water partition coefficient (Wildman–Crippen LogP) is 4.16. The molecule has 0 fully saturated rings. The number of phenolic OH excluding ortho intramolecular Hbond substituents is 3. The van der Waals surface area contributed by atoms with Gasteiger partial charge in [-0.2, -0.15) is 0 Å². The third kappa shape index (κ3) is 2.82. The van der Waals surface area contributed by atoms with Gasteiger partial charge in [0.2, 0.25) is 0 Å². The molecule has 2 aromatic carbocycles. The van der Waals surface area contributed by atoms with Gasteiger partial charge >= 0.3 is 0 Å². The number of phenols is 3. The van der Waals surface area contributed by atoms with E-state index in [1.165, 1.54) is 6.07 Å². The standard InChI is InChI=1S/C18H22O3/c1-4-11-9-17(12-7-13(19)10-14(20)8-12)15(5-2)16(6-3)18(11)21/h7-10,19-21H,4-6H2,1-3H3. The Hall–Kier alpha value is -2.16. The van der Waals surface area contributed by atoms with Crippen LogP contribution < -0.4 is 0 Å². The van der Waals surface area contributed by atoms with Crippen molar-refractivity contribution in [2.75, 3.05) is 0 Å². The molecule has 2 rings (SSSR count). The maximum absolute atomic E-state index is 10.4. The molecule has 2 aromatic rings. The lowest BCUT2D eigenvalue weighted by Gasteiger charge is -2.18. The van der Waals surface area contributed by atoms with E-state index < -0.39 is 0 Å². The molecule has 0 atom stereocenters. The molecule has 3 heteroatoms. The lowest BCUT2D eigenvalue weighted by atomic mass is 9.88. The van der Waals surface area contributed by atoms with Crippen LogP contribution in [0.5, 0.6) is 17.2 Å². The molecule has 0 aliphatic carbocycles. The Balaban J connectivity index is 2.77. The summed E-state index contributed by atoms with van der Waals surface area (Å²) < 4.78 is 0. The zero-order valence-electron chi connectivity index (χ0n) is 12.8. The van der Waals surface area contributed by atoms with Crippen LogP contribution in [0.4, 0.5) is 0 Å². The number of benzene rings is 2. The molecule has 0 aliphatic rings. The molecule has 0 bridgehead atoms. The van der Waals surface area contributed by atoms with Crippen molar-refractivity contribution in [1.29, 1.82) is 0 Å². The van der Waals surface area contributed by atoms with E-state index in [-0.39, 0.29) is 11.5 Å². The average Bonchev–Trinajstić information content (AvgIpc) is 2.45. The number of rotatable bonds is 4. The van der Waals surface area contributed by atoms with E-state index in [2.05, 4.69) is 0 Å². The third-order valence-electron chi connectivity index (χ3n) is 3.90. The van der Waals surface area contributed by atoms with Gasteiger partial charge < -0.3 is 15.3 Å². The Kier molecular flexibility index (Phi) is 4.41. The summed E-state index contributed by atoms with van der Waals surface area (Å²) in [5, 5.41) is 29.8. The van der Waals surface area contributed by atoms with Crippen LogP contribution >= 0.6 is 0 Å². The van der Waals surface area contributed by atoms with Crippen molar-refractivity contribution >= 4 is 0 Å². The molecule has 21 heavy (non-hydrogen) atoms. The fourth-order valence-electron chi connectivity index (χ4n) is 2.89. The van der Waals surface area contributed by atoms with Crippen molar-refractivity contribution in [3.8, 4) is 28.4 Å². The summed E-state index contributed by atoms with van der Waals surface area (Å²) in [5.41, 5.74) is 4.65. The van der Waals surface area contributed by atoms with Crippen LogP contribution in [0.1, 0.15) is 37.5 Å². The molecule has 0 saturated carbocycles. The molecule has 0 aliphatic heterocycles. The summed E-state index contributed by atoms with van der Waals surface area (Å²) >= 11 is 0. The molecular weight excluding hydrogens is 264 g/mol. The van der Waals surface area contributed by atoms with Gasteiger partial charge in [0.25, 0.3) is 0 Å². The summed E-state index contributed by atoms with van der Waals surface area (Å²) in [7, 11) is 0. The van der Waals surface area contributed by atoms with Gasteiger partial charge in [-0.25, -0.2) is 0 Å². The van der Waals surface area contributed by atoms with E-state index in [0.29, 0.717) is 5.75 Å². The van der Waals surface area contributed by atoms with Crippen molar-refractivity contribution in [2.45, 2.75) is 40.0 Å². The predicted molar refractivity (Wildman–Crippen MR) is 85.0 cm³/mol. The van der Waals surface area contributed by atoms with Crippen molar-refractivity contribution in [3.05, 3.63) is 41.0 Å². The van der Waals surface area contributed by atoms with Crippen molar-refractivity contribution in [2.24, 2.45) is 0 Å². The maximum Gasteiger partial charge on any atom is 0.122 e. The van der Waals surface area contributed by atoms with Crippen LogP contribution in [0, 0.1) is 0 Å². The van der Waals surface area contributed by atoms with Gasteiger partial charge in [-0.15, -0.1) is 0 Å². The summed E-state index contributed by atoms with van der Waals surface area (Å²) in [6, 6.07) is 6.56. The highest BCUT2D eigenvalue weighted by Gasteiger charge is 2.16. The van der Waals surface area contributed by atoms with Crippen LogP contribution in [-0.4, -0.2) is 15.3 Å². The summed E-state index contributed by atoms with van der Waals surface area (Å²) in [6.07, 6.45) is 2.27. The van der Waals surface area contributed by atoms with Gasteiger partial charge in [0.15, 0.2) is 0 Å². The zero-order chi connectivity index (χ0) is 15.6. The van der Waals surface area contributed by atoms with E-state index in [0.717, 1.165) is 47.1 Å². The minimum absolute atomic E-state index is 0.0382. The van der Waals surface area contributed by atoms with E-state index in [4.69, 9.17) is 0 Å². The first-order valence-corrected chi connectivity index (χ1v) is 7.41. The van der Waals surface area contributed by atoms with E-state index in [1.54, 1.807) is 12.1 Å². The normalized spacial score (nSPS) is 10.8. The van der Waals surface area contributed by atoms with E-state index >= 15 is 0 Å². The molecule has 0 radical (unpaired) electrons. The molecule has 0 unspecified atom stereocenters. The Bertz CT molecular complexity index is 640. The van der Waals surface area contributed by atoms with Crippen LogP contribution in [0.3, 0.4) is 0 Å². The van der Waals surface area contributed by atoms with Crippen LogP contribution in [-0.2, 0) is 19.3 Å². The second kappa shape index (κ2) is 6.08. The van der Waals surface area contributed by atoms with Crippen molar-refractivity contribution < 1.29 is 15.3 Å². The summed E-state index contributed by atoms with van der Waals surface area (Å²) in [4.78, 5) is 0. The Morgan fingerprint density at radius 2 is 1.29 bits per heavy atom. The zero-order valence-corrected chi connectivity index (χ0v) is 12.8. The van der Waals surface area contributed by atoms with Crippen LogP contribution in [0.25, 0.3) is 11.1 Å². The summed E-state index contributed by atoms with van der Waals surface area (Å²) in [6.45, 7) is 6.08. The monoisotopic (exact) mass is 286 g/mol. The second-order valence-corrected chi connectivity index (χ2v) is 5.19. The van der Waals surface area contributed by atoms with Crippen molar-refractivity contribution in [1.82, 2.24) is 0 Å². The molecule has 3 N–H and O–H groups in total. The maximum atomic E-state index is 10.4. The number of hydrogen-bond acceptors (Lipinski definition) is 3. The molecule has 0 heterocycles. The quantitative estimate of drug-likeness (QED) is 0.791. The fraction of sp³-hybridized carbons (Fsp3) is 0.333. The molecule has 0 spiro atoms. The molecule has 0 amide bonds. The van der Waals surface area contributed by atoms with E-state index in [1.807, 2.05) is 26.8 Å². The highest BCUT2D eigenvalue weighted by atomic mass is 16.3. The SMILES string of the molecule is CCc1cc(-c2cc(O)cc(O)c2)c(CC)c(CC)c1O. The van der Waals surface area contributed by atoms with Gasteiger partial charge in [0, 0.05) is 6.07 Å². The Morgan fingerprint density at radius 3 is 1.76 bits per heavy atom. The number of aromatic hydroxyl groups is 3. The largest absolute Gasteiger partial charge is 0.508 e. The Morgan fingerprint density at radius 1 is 0.714 bits per heavy atom. The lowest BCUT2D eigenvalue weighted by molar-refractivity contribution is 0.451. The smallest absolute Gasteiger partial charge is 0.122 e. The first-order valence-electron chi connectivity index (χ1n) is 7.41. The molecule has 0 aromatic heterocycles. The molecule has 0 saturated heterocycles. The summed E-state index contributed by atoms with van der Waals surface area (Å²) in [5.74, 6) is 0.456. The number of aryl methyl sites for hydroxylation is 1. The van der Waals surface area contributed by atoms with Gasteiger partial charge in [-0.1, -0.05) is 20.8 Å². The minimum Gasteiger partial charge on any atom is -0.508 e. The van der Waals surface area contributed by atoms with Crippen LogP contribution in [0.2, 0.25) is 0 Å². The van der Waals surface area contributed by atoms with Gasteiger partial charge in [0.1, 0.15) is 17.2 Å². The molecular formula is C18H22O3. The first-order chi connectivity index (χ1) is 10.0. The molecule has 3 nitrogen and oxygen atoms in total. The lowest BCUT2D eigenvalue weighted by Crippen LogP contribution is -1.99. The van der Waals surface area contributed by atoms with Gasteiger partial charge in [-0.3, -0.25) is 0 Å². The topological polar surface area (TPSA) is 60.7 Å².